The van der Waals surface area contributed by atoms with Crippen LogP contribution in [0.4, 0.5) is 5.82 Å². The molecular weight excluding hydrogens is 222 g/mol. The van der Waals surface area contributed by atoms with Crippen LogP contribution in [-0.4, -0.2) is 24.6 Å². The summed E-state index contributed by atoms with van der Waals surface area (Å²) in [5, 5.41) is 3.44. The van der Waals surface area contributed by atoms with Crippen LogP contribution in [-0.2, 0) is 6.54 Å². The van der Waals surface area contributed by atoms with Crippen LogP contribution in [0.1, 0.15) is 32.3 Å². The van der Waals surface area contributed by atoms with E-state index in [1.807, 2.05) is 18.3 Å². The zero-order chi connectivity index (χ0) is 13.2. The molecule has 0 unspecified atom stereocenters. The number of hydrogen-bond donors (Lipinski definition) is 1. The zero-order valence-corrected chi connectivity index (χ0v) is 11.7. The summed E-state index contributed by atoms with van der Waals surface area (Å²) in [5.41, 5.74) is 1.27. The van der Waals surface area contributed by atoms with Gasteiger partial charge in [-0.1, -0.05) is 26.0 Å². The molecular formula is C15H25N3. The van der Waals surface area contributed by atoms with Gasteiger partial charge in [-0.15, -0.1) is 6.58 Å². The minimum Gasteiger partial charge on any atom is -0.353 e. The Morgan fingerprint density at radius 1 is 1.39 bits per heavy atom. The lowest BCUT2D eigenvalue weighted by Gasteiger charge is -2.24. The summed E-state index contributed by atoms with van der Waals surface area (Å²) in [6, 6.07) is 4.15. The third-order valence-corrected chi connectivity index (χ3v) is 2.75. The van der Waals surface area contributed by atoms with Gasteiger partial charge in [0.1, 0.15) is 5.82 Å². The average Bonchev–Trinajstić information content (AvgIpc) is 2.39. The Balaban J connectivity index is 2.80. The van der Waals surface area contributed by atoms with Gasteiger partial charge < -0.3 is 10.2 Å². The van der Waals surface area contributed by atoms with Crippen molar-refractivity contribution in [1.29, 1.82) is 0 Å². The van der Waals surface area contributed by atoms with Crippen LogP contribution in [0.25, 0.3) is 0 Å². The third-order valence-electron chi connectivity index (χ3n) is 2.75. The van der Waals surface area contributed by atoms with Gasteiger partial charge in [0.05, 0.1) is 0 Å². The normalized spacial score (nSPS) is 10.3. The molecule has 0 radical (unpaired) electrons. The van der Waals surface area contributed by atoms with E-state index in [4.69, 9.17) is 0 Å². The molecule has 0 saturated heterocycles. The highest BCUT2D eigenvalue weighted by molar-refractivity contribution is 5.47. The average molecular weight is 247 g/mol. The lowest BCUT2D eigenvalue weighted by atomic mass is 10.2. The molecule has 0 aromatic carbocycles. The monoisotopic (exact) mass is 247 g/mol. The third kappa shape index (κ3) is 4.49. The molecule has 1 heterocycles. The number of nitrogens with zero attached hydrogens (tertiary/aromatic N) is 2. The fourth-order valence-corrected chi connectivity index (χ4v) is 1.96. The van der Waals surface area contributed by atoms with Crippen LogP contribution in [0.3, 0.4) is 0 Å². The summed E-state index contributed by atoms with van der Waals surface area (Å²) in [6.07, 6.45) is 6.07. The van der Waals surface area contributed by atoms with Gasteiger partial charge in [-0.25, -0.2) is 4.98 Å². The highest BCUT2D eigenvalue weighted by Crippen LogP contribution is 2.17. The molecule has 100 valence electrons. The fourth-order valence-electron chi connectivity index (χ4n) is 1.96. The van der Waals surface area contributed by atoms with E-state index >= 15 is 0 Å². The molecule has 18 heavy (non-hydrogen) atoms. The molecule has 0 spiro atoms. The van der Waals surface area contributed by atoms with Crippen molar-refractivity contribution < 1.29 is 0 Å². The quantitative estimate of drug-likeness (QED) is 0.537. The van der Waals surface area contributed by atoms with Gasteiger partial charge in [0.2, 0.25) is 0 Å². The van der Waals surface area contributed by atoms with Gasteiger partial charge in [0.15, 0.2) is 0 Å². The molecule has 0 saturated carbocycles. The maximum atomic E-state index is 4.53. The van der Waals surface area contributed by atoms with Gasteiger partial charge >= 0.3 is 0 Å². The van der Waals surface area contributed by atoms with Crippen molar-refractivity contribution in [2.45, 2.75) is 33.2 Å². The van der Waals surface area contributed by atoms with Crippen LogP contribution >= 0.6 is 0 Å². The second-order valence-corrected chi connectivity index (χ2v) is 4.40. The van der Waals surface area contributed by atoms with Crippen molar-refractivity contribution in [2.24, 2.45) is 0 Å². The van der Waals surface area contributed by atoms with Crippen LogP contribution in [0.5, 0.6) is 0 Å². The van der Waals surface area contributed by atoms with E-state index in [1.54, 1.807) is 0 Å². The van der Waals surface area contributed by atoms with Crippen LogP contribution in [0, 0.1) is 0 Å². The summed E-state index contributed by atoms with van der Waals surface area (Å²) in [4.78, 5) is 6.82. The fraction of sp³-hybridized carbons (Fsp3) is 0.533. The Hall–Kier alpha value is -1.35. The van der Waals surface area contributed by atoms with Crippen molar-refractivity contribution in [1.82, 2.24) is 10.3 Å². The van der Waals surface area contributed by atoms with Crippen LogP contribution in [0.15, 0.2) is 31.0 Å². The number of nitrogens with one attached hydrogen (secondary N) is 1. The highest BCUT2D eigenvalue weighted by atomic mass is 15.2. The van der Waals surface area contributed by atoms with Crippen molar-refractivity contribution in [3.05, 3.63) is 36.5 Å². The number of pyridine rings is 1. The Morgan fingerprint density at radius 3 is 2.89 bits per heavy atom. The standard InChI is InChI=1S/C15H25N3/c1-4-9-16-13-14-8-7-10-17-15(14)18(11-5-2)12-6-3/h5,7-8,10,16H,2,4,6,9,11-13H2,1,3H3. The highest BCUT2D eigenvalue weighted by Gasteiger charge is 2.09. The second kappa shape index (κ2) is 8.70. The van der Waals surface area contributed by atoms with E-state index in [0.29, 0.717) is 0 Å². The predicted octanol–water partition coefficient (Wildman–Crippen LogP) is 2.98. The first kappa shape index (κ1) is 14.7. The van der Waals surface area contributed by atoms with Gasteiger partial charge in [-0.3, -0.25) is 0 Å². The Bertz CT molecular complexity index is 349. The van der Waals surface area contributed by atoms with Crippen molar-refractivity contribution in [3.8, 4) is 0 Å². The molecule has 0 fully saturated rings. The van der Waals surface area contributed by atoms with Gasteiger partial charge in [-0.05, 0) is 25.5 Å². The van der Waals surface area contributed by atoms with E-state index in [-0.39, 0.29) is 0 Å². The second-order valence-electron chi connectivity index (χ2n) is 4.40. The first-order valence-corrected chi connectivity index (χ1v) is 6.83. The molecule has 0 atom stereocenters. The smallest absolute Gasteiger partial charge is 0.133 e. The molecule has 0 aliphatic heterocycles. The molecule has 0 aliphatic rings. The van der Waals surface area contributed by atoms with Gasteiger partial charge in [0, 0.05) is 31.4 Å². The number of anilines is 1. The molecule has 1 aromatic heterocycles. The Kier molecular flexibility index (Phi) is 7.11. The van der Waals surface area contributed by atoms with Crippen molar-refractivity contribution >= 4 is 5.82 Å². The summed E-state index contributed by atoms with van der Waals surface area (Å²) < 4.78 is 0. The lowest BCUT2D eigenvalue weighted by Crippen LogP contribution is -2.27. The minimum atomic E-state index is 0.853. The summed E-state index contributed by atoms with van der Waals surface area (Å²) >= 11 is 0. The summed E-state index contributed by atoms with van der Waals surface area (Å²) in [7, 11) is 0. The van der Waals surface area contributed by atoms with Crippen LogP contribution in [0.2, 0.25) is 0 Å². The van der Waals surface area contributed by atoms with E-state index in [0.717, 1.165) is 44.8 Å². The minimum absolute atomic E-state index is 0.853. The molecule has 1 aromatic rings. The van der Waals surface area contributed by atoms with Gasteiger partial charge in [-0.2, -0.15) is 0 Å². The first-order chi connectivity index (χ1) is 8.83. The zero-order valence-electron chi connectivity index (χ0n) is 11.7. The SMILES string of the molecule is C=CCN(CCC)c1ncccc1CNCCC. The molecule has 3 heteroatoms. The summed E-state index contributed by atoms with van der Waals surface area (Å²) in [6.45, 7) is 12.0. The largest absolute Gasteiger partial charge is 0.353 e. The van der Waals surface area contributed by atoms with E-state index in [1.165, 1.54) is 5.56 Å². The lowest BCUT2D eigenvalue weighted by molar-refractivity contribution is 0.669. The van der Waals surface area contributed by atoms with E-state index in [2.05, 4.69) is 41.7 Å². The Labute approximate surface area is 111 Å². The molecule has 0 amide bonds. The van der Waals surface area contributed by atoms with Gasteiger partial charge in [0.25, 0.3) is 0 Å². The maximum absolute atomic E-state index is 4.53. The molecule has 1 rings (SSSR count). The summed E-state index contributed by atoms with van der Waals surface area (Å²) in [5.74, 6) is 1.09. The van der Waals surface area contributed by atoms with Crippen LogP contribution < -0.4 is 10.2 Å². The molecule has 3 nitrogen and oxygen atoms in total. The Morgan fingerprint density at radius 2 is 2.22 bits per heavy atom. The molecule has 1 N–H and O–H groups in total. The number of hydrogen-bond acceptors (Lipinski definition) is 3. The molecule has 0 aliphatic carbocycles. The van der Waals surface area contributed by atoms with Crippen molar-refractivity contribution in [3.63, 3.8) is 0 Å². The van der Waals surface area contributed by atoms with E-state index in [9.17, 15) is 0 Å². The maximum Gasteiger partial charge on any atom is 0.133 e. The first-order valence-electron chi connectivity index (χ1n) is 6.83. The van der Waals surface area contributed by atoms with Crippen molar-refractivity contribution in [2.75, 3.05) is 24.5 Å². The molecule has 0 bridgehead atoms. The predicted molar refractivity (Wildman–Crippen MR) is 78.9 cm³/mol. The topological polar surface area (TPSA) is 28.2 Å². The number of rotatable bonds is 9. The number of aromatic nitrogens is 1. The van der Waals surface area contributed by atoms with E-state index < -0.39 is 0 Å².